The number of rotatable bonds is 6. The Morgan fingerprint density at radius 3 is 1.78 bits per heavy atom. The zero-order valence-corrected chi connectivity index (χ0v) is 15.5. The van der Waals surface area contributed by atoms with Crippen LogP contribution in [0.2, 0.25) is 0 Å². The molecule has 27 heavy (non-hydrogen) atoms. The Hall–Kier alpha value is -2.12. The summed E-state index contributed by atoms with van der Waals surface area (Å²) in [5.41, 5.74) is 14.8. The Morgan fingerprint density at radius 2 is 1.59 bits per heavy atom. The monoisotopic (exact) mass is 394 g/mol. The molecule has 0 radical (unpaired) electrons. The van der Waals surface area contributed by atoms with Gasteiger partial charge in [-0.2, -0.15) is 0 Å². The van der Waals surface area contributed by atoms with Crippen LogP contribution in [-0.2, 0) is 23.9 Å². The minimum absolute atomic E-state index is 0.300. The Kier molecular flexibility index (Phi) is 15.0. The number of nitrogens with two attached hydrogens (primary N) is 3. The summed E-state index contributed by atoms with van der Waals surface area (Å²) in [6, 6.07) is -1.44. The lowest BCUT2D eigenvalue weighted by atomic mass is 10.1. The number of aliphatic hydroxyl groups excluding tert-OH is 1. The maximum atomic E-state index is 10.2. The van der Waals surface area contributed by atoms with Crippen molar-refractivity contribution in [1.29, 1.82) is 0 Å². The Bertz CT molecular complexity index is 472. The number of aliphatic carboxylic acids is 2. The molecule has 12 heteroatoms. The summed E-state index contributed by atoms with van der Waals surface area (Å²) >= 11 is 0. The molecule has 12 nitrogen and oxygen atoms in total. The number of hydrogen-bond donors (Lipinski definition) is 7. The molecule has 3 atom stereocenters. The Labute approximate surface area is 157 Å². The second kappa shape index (κ2) is 15.0. The van der Waals surface area contributed by atoms with Crippen molar-refractivity contribution >= 4 is 23.9 Å². The van der Waals surface area contributed by atoms with Gasteiger partial charge in [0.1, 0.15) is 12.1 Å². The molecule has 0 amide bonds. The zero-order valence-electron chi connectivity index (χ0n) is 15.5. The van der Waals surface area contributed by atoms with Crippen molar-refractivity contribution in [2.24, 2.45) is 23.1 Å². The molecule has 1 fully saturated rings. The van der Waals surface area contributed by atoms with E-state index in [-0.39, 0.29) is 13.1 Å². The molecular weight excluding hydrogens is 364 g/mol. The molecular formula is C15H30N4O8. The topological polar surface area (TPSA) is 228 Å². The number of hydrogen-bond acceptors (Lipinski definition) is 10. The molecule has 0 saturated carbocycles. The third-order valence-electron chi connectivity index (χ3n) is 3.06. The summed E-state index contributed by atoms with van der Waals surface area (Å²) in [5, 5.41) is 28.2. The molecule has 158 valence electrons. The van der Waals surface area contributed by atoms with E-state index < -0.39 is 42.1 Å². The van der Waals surface area contributed by atoms with Crippen molar-refractivity contribution in [2.75, 3.05) is 19.6 Å². The lowest BCUT2D eigenvalue weighted by Gasteiger charge is -2.07. The highest BCUT2D eigenvalue weighted by Crippen LogP contribution is 2.05. The third kappa shape index (κ3) is 14.7. The molecule has 1 rings (SSSR count). The van der Waals surface area contributed by atoms with E-state index in [1.165, 1.54) is 0 Å². The van der Waals surface area contributed by atoms with Gasteiger partial charge in [-0.1, -0.05) is 13.8 Å². The normalized spacial score (nSPS) is 19.1. The number of carboxylic acid groups (broad SMARTS) is 2. The van der Waals surface area contributed by atoms with Gasteiger partial charge in [-0.3, -0.25) is 19.2 Å². The quantitative estimate of drug-likeness (QED) is 0.179. The van der Waals surface area contributed by atoms with Gasteiger partial charge < -0.3 is 42.6 Å². The average molecular weight is 394 g/mol. The van der Waals surface area contributed by atoms with Crippen LogP contribution in [0.1, 0.15) is 26.7 Å². The molecule has 0 aromatic rings. The van der Waals surface area contributed by atoms with Gasteiger partial charge in [0.2, 0.25) is 0 Å². The van der Waals surface area contributed by atoms with E-state index in [0.717, 1.165) is 0 Å². The van der Waals surface area contributed by atoms with Crippen LogP contribution in [0, 0.1) is 5.92 Å². The number of carboxylic acids is 2. The summed E-state index contributed by atoms with van der Waals surface area (Å²) in [4.78, 5) is 40.6. The van der Waals surface area contributed by atoms with Crippen molar-refractivity contribution in [3.63, 3.8) is 0 Å². The fourth-order valence-electron chi connectivity index (χ4n) is 1.76. The first kappa shape index (κ1) is 27.1. The van der Waals surface area contributed by atoms with Crippen molar-refractivity contribution in [3.8, 4) is 0 Å². The van der Waals surface area contributed by atoms with Crippen LogP contribution >= 0.6 is 0 Å². The molecule has 0 aromatic heterocycles. The van der Waals surface area contributed by atoms with Crippen LogP contribution in [0.4, 0.5) is 0 Å². The maximum absolute atomic E-state index is 10.2. The summed E-state index contributed by atoms with van der Waals surface area (Å²) in [5.74, 6) is -3.05. The first-order chi connectivity index (χ1) is 12.5. The molecule has 1 heterocycles. The Morgan fingerprint density at radius 1 is 1.11 bits per heavy atom. The van der Waals surface area contributed by atoms with Crippen molar-refractivity contribution in [1.82, 2.24) is 5.32 Å². The largest absolute Gasteiger partial charge is 0.480 e. The van der Waals surface area contributed by atoms with E-state index in [1.54, 1.807) is 0 Å². The van der Waals surface area contributed by atoms with E-state index in [2.05, 4.69) is 10.1 Å². The number of ether oxygens (including phenoxy) is 1. The molecule has 0 aliphatic carbocycles. The fourth-order valence-corrected chi connectivity index (χ4v) is 1.76. The van der Waals surface area contributed by atoms with E-state index in [9.17, 15) is 19.2 Å². The van der Waals surface area contributed by atoms with E-state index in [1.807, 2.05) is 13.8 Å². The summed E-state index contributed by atoms with van der Waals surface area (Å²) in [6.45, 7) is 3.89. The van der Waals surface area contributed by atoms with Crippen LogP contribution in [0.25, 0.3) is 0 Å². The van der Waals surface area contributed by atoms with Gasteiger partial charge in [-0.15, -0.1) is 0 Å². The molecule has 10 N–H and O–H groups in total. The van der Waals surface area contributed by atoms with E-state index in [0.29, 0.717) is 25.3 Å². The SMILES string of the molecule is CC(C)C[C@H](N)C(=O)O.NCC(=O)OC(=O)CN.O=C(O)[C@H]1NCCC1O. The highest BCUT2D eigenvalue weighted by molar-refractivity contribution is 5.87. The highest BCUT2D eigenvalue weighted by atomic mass is 16.6. The van der Waals surface area contributed by atoms with Gasteiger partial charge in [-0.05, 0) is 25.3 Å². The molecule has 0 bridgehead atoms. The van der Waals surface area contributed by atoms with Crippen LogP contribution in [-0.4, -0.2) is 77.0 Å². The standard InChI is InChI=1S/C6H13NO2.C5H9NO3.C4H8N2O3/c1-4(2)3-5(7)6(8)9;7-3-1-2-6-4(3)5(8)9;5-1-3(7)9-4(8)2-6/h4-5H,3,7H2,1-2H3,(H,8,9);3-4,6-7H,1-2H2,(H,8,9);1-2,5-6H2/t5-;3?,4-;/m00./s1. The minimum Gasteiger partial charge on any atom is -0.480 e. The van der Waals surface area contributed by atoms with Crippen LogP contribution in [0.3, 0.4) is 0 Å². The van der Waals surface area contributed by atoms with Gasteiger partial charge in [-0.25, -0.2) is 0 Å². The maximum Gasteiger partial charge on any atom is 0.327 e. The third-order valence-corrected chi connectivity index (χ3v) is 3.06. The molecule has 1 saturated heterocycles. The smallest absolute Gasteiger partial charge is 0.327 e. The van der Waals surface area contributed by atoms with Crippen molar-refractivity contribution in [3.05, 3.63) is 0 Å². The summed E-state index contributed by atoms with van der Waals surface area (Å²) in [6.07, 6.45) is 0.384. The van der Waals surface area contributed by atoms with Gasteiger partial charge >= 0.3 is 23.9 Å². The minimum atomic E-state index is -0.972. The highest BCUT2D eigenvalue weighted by Gasteiger charge is 2.30. The first-order valence-electron chi connectivity index (χ1n) is 8.22. The fraction of sp³-hybridized carbons (Fsp3) is 0.733. The summed E-state index contributed by atoms with van der Waals surface area (Å²) in [7, 11) is 0. The van der Waals surface area contributed by atoms with E-state index in [4.69, 9.17) is 32.5 Å². The number of carbonyl (C=O) groups excluding carboxylic acids is 2. The average Bonchev–Trinajstić information content (AvgIpc) is 3.01. The number of carbonyl (C=O) groups is 4. The van der Waals surface area contributed by atoms with Gasteiger partial charge in [0.15, 0.2) is 0 Å². The molecule has 0 aromatic carbocycles. The predicted molar refractivity (Wildman–Crippen MR) is 94.3 cm³/mol. The lowest BCUT2D eigenvalue weighted by Crippen LogP contribution is -2.38. The molecule has 1 unspecified atom stereocenters. The van der Waals surface area contributed by atoms with Gasteiger partial charge in [0.25, 0.3) is 0 Å². The van der Waals surface area contributed by atoms with Crippen molar-refractivity contribution in [2.45, 2.75) is 44.9 Å². The summed E-state index contributed by atoms with van der Waals surface area (Å²) < 4.78 is 4.02. The molecule has 0 spiro atoms. The Balaban J connectivity index is 0. The lowest BCUT2D eigenvalue weighted by molar-refractivity contribution is -0.157. The second-order valence-corrected chi connectivity index (χ2v) is 5.95. The van der Waals surface area contributed by atoms with Gasteiger partial charge in [0, 0.05) is 0 Å². The second-order valence-electron chi connectivity index (χ2n) is 5.95. The predicted octanol–water partition coefficient (Wildman–Crippen LogP) is -2.79. The van der Waals surface area contributed by atoms with Crippen LogP contribution < -0.4 is 22.5 Å². The number of aliphatic hydroxyl groups is 1. The zero-order chi connectivity index (χ0) is 21.6. The van der Waals surface area contributed by atoms with E-state index >= 15 is 0 Å². The molecule has 1 aliphatic heterocycles. The van der Waals surface area contributed by atoms with Crippen LogP contribution in [0.5, 0.6) is 0 Å². The van der Waals surface area contributed by atoms with Crippen LogP contribution in [0.15, 0.2) is 0 Å². The molecule has 1 aliphatic rings. The number of nitrogens with one attached hydrogen (secondary N) is 1. The number of esters is 2. The first-order valence-corrected chi connectivity index (χ1v) is 8.22. The van der Waals surface area contributed by atoms with Gasteiger partial charge in [0.05, 0.1) is 19.2 Å². The van der Waals surface area contributed by atoms with Crippen molar-refractivity contribution < 1.29 is 39.2 Å².